The second-order valence-electron chi connectivity index (χ2n) is 5.79. The van der Waals surface area contributed by atoms with Crippen molar-refractivity contribution in [3.63, 3.8) is 0 Å². The highest BCUT2D eigenvalue weighted by molar-refractivity contribution is 5.43. The molecule has 0 radical (unpaired) electrons. The molecule has 0 aliphatic rings. The number of nitrogens with zero attached hydrogens (tertiary/aromatic N) is 2. The summed E-state index contributed by atoms with van der Waals surface area (Å²) in [5.74, 6) is 1.79. The molecule has 1 rings (SSSR count). The van der Waals surface area contributed by atoms with Crippen LogP contribution in [0.4, 0.5) is 5.82 Å². The third-order valence-electron chi connectivity index (χ3n) is 3.33. The van der Waals surface area contributed by atoms with Gasteiger partial charge in [0.2, 0.25) is 0 Å². The summed E-state index contributed by atoms with van der Waals surface area (Å²) < 4.78 is 0. The largest absolute Gasteiger partial charge is 0.357 e. The molecule has 0 unspecified atom stereocenters. The van der Waals surface area contributed by atoms with Gasteiger partial charge in [0.15, 0.2) is 0 Å². The van der Waals surface area contributed by atoms with E-state index in [9.17, 15) is 0 Å². The Bertz CT molecular complexity index is 388. The molecule has 0 aliphatic heterocycles. The summed E-state index contributed by atoms with van der Waals surface area (Å²) in [6, 6.07) is 4.48. The number of nitrogens with one attached hydrogen (secondary N) is 1. The van der Waals surface area contributed by atoms with Gasteiger partial charge >= 0.3 is 0 Å². The van der Waals surface area contributed by atoms with E-state index >= 15 is 0 Å². The zero-order valence-electron chi connectivity index (χ0n) is 13.9. The van der Waals surface area contributed by atoms with Gasteiger partial charge in [-0.3, -0.25) is 0 Å². The van der Waals surface area contributed by atoms with Gasteiger partial charge in [0, 0.05) is 25.3 Å². The first kappa shape index (κ1) is 17.0. The molecule has 0 bridgehead atoms. The molecule has 1 aromatic heterocycles. The van der Waals surface area contributed by atoms with Crippen LogP contribution in [0.3, 0.4) is 0 Å². The maximum Gasteiger partial charge on any atom is 0.129 e. The third kappa shape index (κ3) is 5.49. The average Bonchev–Trinajstić information content (AvgIpc) is 2.44. The van der Waals surface area contributed by atoms with E-state index in [-0.39, 0.29) is 0 Å². The topological polar surface area (TPSA) is 28.2 Å². The number of pyridine rings is 1. The molecule has 0 aliphatic carbocycles. The van der Waals surface area contributed by atoms with Crippen LogP contribution in [0.5, 0.6) is 0 Å². The zero-order valence-corrected chi connectivity index (χ0v) is 13.9. The summed E-state index contributed by atoms with van der Waals surface area (Å²) in [6.07, 6.45) is 2.17. The van der Waals surface area contributed by atoms with Crippen molar-refractivity contribution in [1.29, 1.82) is 0 Å². The molecule has 0 fully saturated rings. The number of hydrogen-bond donors (Lipinski definition) is 1. The van der Waals surface area contributed by atoms with E-state index in [1.165, 1.54) is 17.7 Å². The van der Waals surface area contributed by atoms with Gasteiger partial charge in [-0.1, -0.05) is 27.7 Å². The van der Waals surface area contributed by atoms with Crippen LogP contribution in [0.2, 0.25) is 0 Å². The molecular formula is C17H31N3. The van der Waals surface area contributed by atoms with Crippen molar-refractivity contribution in [2.24, 2.45) is 5.92 Å². The van der Waals surface area contributed by atoms with Gasteiger partial charge in [-0.25, -0.2) is 4.98 Å². The summed E-state index contributed by atoms with van der Waals surface area (Å²) >= 11 is 0. The molecule has 0 saturated carbocycles. The highest BCUT2D eigenvalue weighted by Gasteiger charge is 2.10. The van der Waals surface area contributed by atoms with Crippen LogP contribution in [-0.4, -0.2) is 24.6 Å². The van der Waals surface area contributed by atoms with Crippen LogP contribution in [0.1, 0.15) is 52.3 Å². The molecule has 114 valence electrons. The lowest BCUT2D eigenvalue weighted by Gasteiger charge is -2.25. The van der Waals surface area contributed by atoms with Crippen LogP contribution in [0, 0.1) is 5.92 Å². The van der Waals surface area contributed by atoms with Crippen molar-refractivity contribution in [1.82, 2.24) is 10.3 Å². The minimum atomic E-state index is 0.656. The van der Waals surface area contributed by atoms with Crippen LogP contribution < -0.4 is 10.2 Å². The Morgan fingerprint density at radius 3 is 2.50 bits per heavy atom. The Hall–Kier alpha value is -1.09. The van der Waals surface area contributed by atoms with Crippen LogP contribution in [0.15, 0.2) is 12.1 Å². The fraction of sp³-hybridized carbons (Fsp3) is 0.706. The Kier molecular flexibility index (Phi) is 7.60. The molecule has 3 nitrogen and oxygen atoms in total. The van der Waals surface area contributed by atoms with E-state index in [1.807, 2.05) is 0 Å². The van der Waals surface area contributed by atoms with Crippen molar-refractivity contribution in [3.8, 4) is 0 Å². The molecule has 1 heterocycles. The monoisotopic (exact) mass is 277 g/mol. The Morgan fingerprint density at radius 1 is 1.20 bits per heavy atom. The number of aryl methyl sites for hydroxylation is 1. The molecule has 0 spiro atoms. The van der Waals surface area contributed by atoms with Crippen molar-refractivity contribution >= 4 is 5.82 Å². The van der Waals surface area contributed by atoms with E-state index in [0.717, 1.165) is 38.4 Å². The Morgan fingerprint density at radius 2 is 1.95 bits per heavy atom. The second kappa shape index (κ2) is 8.96. The smallest absolute Gasteiger partial charge is 0.129 e. The van der Waals surface area contributed by atoms with Crippen molar-refractivity contribution in [3.05, 3.63) is 23.4 Å². The van der Waals surface area contributed by atoms with Crippen molar-refractivity contribution < 1.29 is 0 Å². The van der Waals surface area contributed by atoms with Gasteiger partial charge in [-0.05, 0) is 49.9 Å². The lowest BCUT2D eigenvalue weighted by Crippen LogP contribution is -2.28. The molecule has 3 heteroatoms. The quantitative estimate of drug-likeness (QED) is 0.699. The first-order valence-corrected chi connectivity index (χ1v) is 8.06. The fourth-order valence-corrected chi connectivity index (χ4v) is 2.31. The van der Waals surface area contributed by atoms with Gasteiger partial charge < -0.3 is 10.2 Å². The summed E-state index contributed by atoms with van der Waals surface area (Å²) in [7, 11) is 0. The Balaban J connectivity index is 2.90. The van der Waals surface area contributed by atoms with Crippen molar-refractivity contribution in [2.75, 3.05) is 24.5 Å². The number of hydrogen-bond acceptors (Lipinski definition) is 3. The SMILES string of the molecule is CCCNCc1cc(CC)nc(N(CC)CC(C)C)c1. The van der Waals surface area contributed by atoms with E-state index in [4.69, 9.17) is 4.98 Å². The average molecular weight is 277 g/mol. The second-order valence-corrected chi connectivity index (χ2v) is 5.79. The maximum absolute atomic E-state index is 4.80. The minimum absolute atomic E-state index is 0.656. The first-order chi connectivity index (χ1) is 9.60. The summed E-state index contributed by atoms with van der Waals surface area (Å²) in [4.78, 5) is 7.18. The Labute approximate surface area is 124 Å². The normalized spacial score (nSPS) is 11.1. The highest BCUT2D eigenvalue weighted by Crippen LogP contribution is 2.17. The predicted octanol–water partition coefficient (Wildman–Crippen LogP) is 3.63. The molecule has 1 aromatic rings. The molecule has 0 aromatic carbocycles. The fourth-order valence-electron chi connectivity index (χ4n) is 2.31. The van der Waals surface area contributed by atoms with E-state index < -0.39 is 0 Å². The van der Waals surface area contributed by atoms with Crippen molar-refractivity contribution in [2.45, 2.75) is 54.0 Å². The first-order valence-electron chi connectivity index (χ1n) is 8.06. The van der Waals surface area contributed by atoms with E-state index in [1.54, 1.807) is 0 Å². The molecule has 0 amide bonds. The van der Waals surface area contributed by atoms with Gasteiger partial charge in [-0.2, -0.15) is 0 Å². The molecular weight excluding hydrogens is 246 g/mol. The van der Waals surface area contributed by atoms with Crippen LogP contribution in [-0.2, 0) is 13.0 Å². The standard InChI is InChI=1S/C17H31N3/c1-6-9-18-12-15-10-16(7-2)19-17(11-15)20(8-3)13-14(4)5/h10-11,14,18H,6-9,12-13H2,1-5H3. The maximum atomic E-state index is 4.80. The minimum Gasteiger partial charge on any atom is -0.357 e. The summed E-state index contributed by atoms with van der Waals surface area (Å²) in [5, 5.41) is 3.48. The lowest BCUT2D eigenvalue weighted by molar-refractivity contribution is 0.612. The number of anilines is 1. The lowest BCUT2D eigenvalue weighted by atomic mass is 10.1. The molecule has 20 heavy (non-hydrogen) atoms. The summed E-state index contributed by atoms with van der Waals surface area (Å²) in [6.45, 7) is 15.2. The zero-order chi connectivity index (χ0) is 15.0. The highest BCUT2D eigenvalue weighted by atomic mass is 15.2. The summed E-state index contributed by atoms with van der Waals surface area (Å²) in [5.41, 5.74) is 2.54. The van der Waals surface area contributed by atoms with Crippen LogP contribution >= 0.6 is 0 Å². The van der Waals surface area contributed by atoms with Gasteiger partial charge in [-0.15, -0.1) is 0 Å². The molecule has 1 N–H and O–H groups in total. The van der Waals surface area contributed by atoms with Crippen LogP contribution in [0.25, 0.3) is 0 Å². The van der Waals surface area contributed by atoms with Gasteiger partial charge in [0.25, 0.3) is 0 Å². The van der Waals surface area contributed by atoms with Gasteiger partial charge in [0.1, 0.15) is 5.82 Å². The molecule has 0 atom stereocenters. The third-order valence-corrected chi connectivity index (χ3v) is 3.33. The van der Waals surface area contributed by atoms with Gasteiger partial charge in [0.05, 0.1) is 0 Å². The number of rotatable bonds is 9. The molecule has 0 saturated heterocycles. The number of aromatic nitrogens is 1. The van der Waals surface area contributed by atoms with E-state index in [2.05, 4.69) is 57.0 Å². The van der Waals surface area contributed by atoms with E-state index in [0.29, 0.717) is 5.92 Å². The predicted molar refractivity (Wildman–Crippen MR) is 88.3 cm³/mol.